The van der Waals surface area contributed by atoms with Crippen molar-refractivity contribution >= 4 is 16.7 Å². The lowest BCUT2D eigenvalue weighted by molar-refractivity contribution is 0.478. The van der Waals surface area contributed by atoms with E-state index in [1.165, 1.54) is 11.1 Å². The van der Waals surface area contributed by atoms with E-state index in [9.17, 15) is 5.11 Å². The van der Waals surface area contributed by atoms with E-state index < -0.39 is 0 Å². The summed E-state index contributed by atoms with van der Waals surface area (Å²) in [6.07, 6.45) is 0. The van der Waals surface area contributed by atoms with E-state index in [4.69, 9.17) is 10.7 Å². The maximum atomic E-state index is 11.1. The molecule has 2 aromatic heterocycles. The molecule has 0 radical (unpaired) electrons. The zero-order valence-electron chi connectivity index (χ0n) is 17.6. The van der Waals surface area contributed by atoms with Crippen molar-refractivity contribution in [2.24, 2.45) is 7.05 Å². The van der Waals surface area contributed by atoms with Gasteiger partial charge in [0.05, 0.1) is 11.0 Å². The first-order valence-corrected chi connectivity index (χ1v) is 10.5. The van der Waals surface area contributed by atoms with Crippen LogP contribution in [0, 0.1) is 0 Å². The number of aromatic nitrogens is 4. The SMILES string of the molecule is Cn1nc(-c2ccc(-c3ccc(N)cc3)cc2)c(O)c1-c1nc2cc3c(cc2[nH]1)CNC3. The normalized spacial score (nSPS) is 13.0. The highest BCUT2D eigenvalue weighted by atomic mass is 16.3. The van der Waals surface area contributed by atoms with Crippen molar-refractivity contribution in [3.8, 4) is 39.7 Å². The number of hydrogen-bond acceptors (Lipinski definition) is 5. The maximum Gasteiger partial charge on any atom is 0.173 e. The predicted molar refractivity (Wildman–Crippen MR) is 126 cm³/mol. The molecule has 0 amide bonds. The number of fused-ring (bicyclic) bond motifs is 2. The predicted octanol–water partition coefficient (Wildman–Crippen LogP) is 4.19. The fraction of sp³-hybridized carbons (Fsp3) is 0.120. The molecule has 3 heterocycles. The van der Waals surface area contributed by atoms with Crippen LogP contribution in [0.4, 0.5) is 5.69 Å². The highest BCUT2D eigenvalue weighted by Gasteiger charge is 2.22. The van der Waals surface area contributed by atoms with E-state index in [1.807, 2.05) is 55.6 Å². The Morgan fingerprint density at radius 3 is 2.25 bits per heavy atom. The van der Waals surface area contributed by atoms with Crippen molar-refractivity contribution in [1.82, 2.24) is 25.1 Å². The second-order valence-corrected chi connectivity index (χ2v) is 8.20. The van der Waals surface area contributed by atoms with Crippen LogP contribution >= 0.6 is 0 Å². The molecular formula is C25H22N6O. The molecule has 7 nitrogen and oxygen atoms in total. The molecule has 158 valence electrons. The second kappa shape index (κ2) is 6.96. The molecule has 1 aliphatic rings. The molecule has 0 saturated heterocycles. The van der Waals surface area contributed by atoms with Gasteiger partial charge in [-0.1, -0.05) is 36.4 Å². The molecule has 5 aromatic rings. The van der Waals surface area contributed by atoms with E-state index >= 15 is 0 Å². The lowest BCUT2D eigenvalue weighted by Gasteiger charge is -2.04. The van der Waals surface area contributed by atoms with Crippen LogP contribution in [0.5, 0.6) is 5.75 Å². The first-order chi connectivity index (χ1) is 15.6. The summed E-state index contributed by atoms with van der Waals surface area (Å²) in [4.78, 5) is 8.09. The number of imidazole rings is 1. The number of nitrogen functional groups attached to an aromatic ring is 1. The van der Waals surface area contributed by atoms with Crippen LogP contribution in [0.2, 0.25) is 0 Å². The van der Waals surface area contributed by atoms with E-state index in [-0.39, 0.29) is 5.75 Å². The number of anilines is 1. The van der Waals surface area contributed by atoms with Gasteiger partial charge in [-0.25, -0.2) is 4.98 Å². The fourth-order valence-corrected chi connectivity index (χ4v) is 4.39. The number of benzene rings is 3. The quantitative estimate of drug-likeness (QED) is 0.326. The standard InChI is InChI=1S/C25H22N6O/c1-31-23(25-28-20-10-17-12-27-13-18(17)11-21(20)29-25)24(32)22(30-31)16-4-2-14(3-5-16)15-6-8-19(26)9-7-15/h2-11,27,32H,12-13,26H2,1H3,(H,28,29). The molecule has 7 heteroatoms. The number of aromatic amines is 1. The van der Waals surface area contributed by atoms with Crippen molar-refractivity contribution in [2.45, 2.75) is 13.1 Å². The number of aromatic hydroxyl groups is 1. The van der Waals surface area contributed by atoms with Crippen molar-refractivity contribution in [3.05, 3.63) is 71.8 Å². The van der Waals surface area contributed by atoms with Gasteiger partial charge in [0, 0.05) is 31.4 Å². The van der Waals surface area contributed by atoms with Gasteiger partial charge in [0.15, 0.2) is 11.6 Å². The van der Waals surface area contributed by atoms with Crippen LogP contribution in [0.3, 0.4) is 0 Å². The van der Waals surface area contributed by atoms with Crippen molar-refractivity contribution in [3.63, 3.8) is 0 Å². The first-order valence-electron chi connectivity index (χ1n) is 10.5. The van der Waals surface area contributed by atoms with Gasteiger partial charge in [0.1, 0.15) is 11.4 Å². The Balaban J connectivity index is 1.37. The molecule has 0 saturated carbocycles. The molecule has 1 aliphatic heterocycles. The van der Waals surface area contributed by atoms with Crippen LogP contribution in [-0.2, 0) is 20.1 Å². The van der Waals surface area contributed by atoms with Gasteiger partial charge in [-0.2, -0.15) is 5.10 Å². The Kier molecular flexibility index (Phi) is 4.06. The zero-order chi connectivity index (χ0) is 21.8. The van der Waals surface area contributed by atoms with Crippen LogP contribution < -0.4 is 11.1 Å². The Hall–Kier alpha value is -4.10. The molecule has 0 atom stereocenters. The van der Waals surface area contributed by atoms with Crippen LogP contribution in [-0.4, -0.2) is 24.9 Å². The Bertz CT molecular complexity index is 1420. The highest BCUT2D eigenvalue weighted by molar-refractivity contribution is 5.84. The number of rotatable bonds is 3. The molecule has 5 N–H and O–H groups in total. The summed E-state index contributed by atoms with van der Waals surface area (Å²) >= 11 is 0. The summed E-state index contributed by atoms with van der Waals surface area (Å²) in [5.41, 5.74) is 15.0. The number of aryl methyl sites for hydroxylation is 1. The van der Waals surface area contributed by atoms with Crippen molar-refractivity contribution < 1.29 is 5.11 Å². The number of hydrogen-bond donors (Lipinski definition) is 4. The number of H-pyrrole nitrogens is 1. The molecule has 0 unspecified atom stereocenters. The van der Waals surface area contributed by atoms with Crippen molar-refractivity contribution in [1.29, 1.82) is 0 Å². The third-order valence-corrected chi connectivity index (χ3v) is 6.08. The Labute approximate surface area is 184 Å². The average Bonchev–Trinajstić information content (AvgIpc) is 3.49. The molecule has 3 aromatic carbocycles. The largest absolute Gasteiger partial charge is 0.504 e. The third kappa shape index (κ3) is 2.94. The van der Waals surface area contributed by atoms with Crippen molar-refractivity contribution in [2.75, 3.05) is 5.73 Å². The first kappa shape index (κ1) is 18.7. The summed E-state index contributed by atoms with van der Waals surface area (Å²) < 4.78 is 1.67. The van der Waals surface area contributed by atoms with E-state index in [0.717, 1.165) is 46.5 Å². The van der Waals surface area contributed by atoms with E-state index in [0.29, 0.717) is 17.2 Å². The summed E-state index contributed by atoms with van der Waals surface area (Å²) in [6, 6.07) is 20.0. The fourth-order valence-electron chi connectivity index (χ4n) is 4.39. The summed E-state index contributed by atoms with van der Waals surface area (Å²) in [6.45, 7) is 1.73. The number of nitrogens with zero attached hydrogens (tertiary/aromatic N) is 3. The van der Waals surface area contributed by atoms with Crippen LogP contribution in [0.1, 0.15) is 11.1 Å². The highest BCUT2D eigenvalue weighted by Crippen LogP contribution is 2.38. The summed E-state index contributed by atoms with van der Waals surface area (Å²) in [5.74, 6) is 0.717. The minimum atomic E-state index is 0.112. The minimum Gasteiger partial charge on any atom is -0.504 e. The molecule has 6 rings (SSSR count). The molecule has 0 bridgehead atoms. The molecule has 0 spiro atoms. The minimum absolute atomic E-state index is 0.112. The topological polar surface area (TPSA) is 105 Å². The maximum absolute atomic E-state index is 11.1. The van der Waals surface area contributed by atoms with Gasteiger partial charge in [0.2, 0.25) is 0 Å². The van der Waals surface area contributed by atoms with Gasteiger partial charge >= 0.3 is 0 Å². The summed E-state index contributed by atoms with van der Waals surface area (Å²) in [5, 5.41) is 19.0. The molecule has 0 fully saturated rings. The number of nitrogens with one attached hydrogen (secondary N) is 2. The summed E-state index contributed by atoms with van der Waals surface area (Å²) in [7, 11) is 1.82. The molecule has 32 heavy (non-hydrogen) atoms. The Morgan fingerprint density at radius 2 is 1.53 bits per heavy atom. The molecular weight excluding hydrogens is 400 g/mol. The van der Waals surface area contributed by atoms with Crippen LogP contribution in [0.25, 0.3) is 44.9 Å². The van der Waals surface area contributed by atoms with Gasteiger partial charge in [0.25, 0.3) is 0 Å². The molecule has 0 aliphatic carbocycles. The zero-order valence-corrected chi connectivity index (χ0v) is 17.6. The lowest BCUT2D eigenvalue weighted by atomic mass is 10.0. The number of nitrogens with two attached hydrogens (primary N) is 1. The monoisotopic (exact) mass is 422 g/mol. The second-order valence-electron chi connectivity index (χ2n) is 8.20. The van der Waals surface area contributed by atoms with Gasteiger partial charge < -0.3 is 21.1 Å². The lowest BCUT2D eigenvalue weighted by Crippen LogP contribution is -1.99. The Morgan fingerprint density at radius 1 is 0.906 bits per heavy atom. The van der Waals surface area contributed by atoms with Crippen LogP contribution in [0.15, 0.2) is 60.7 Å². The smallest absolute Gasteiger partial charge is 0.173 e. The van der Waals surface area contributed by atoms with Gasteiger partial charge in [-0.05, 0) is 46.5 Å². The third-order valence-electron chi connectivity index (χ3n) is 6.08. The average molecular weight is 422 g/mol. The van der Waals surface area contributed by atoms with Gasteiger partial charge in [-0.15, -0.1) is 0 Å². The van der Waals surface area contributed by atoms with E-state index in [1.54, 1.807) is 4.68 Å². The van der Waals surface area contributed by atoms with E-state index in [2.05, 4.69) is 27.5 Å². The van der Waals surface area contributed by atoms with Gasteiger partial charge in [-0.3, -0.25) is 4.68 Å².